The molecule has 0 amide bonds. The molecule has 0 aliphatic heterocycles. The van der Waals surface area contributed by atoms with E-state index in [0.29, 0.717) is 6.61 Å². The molecule has 17 heavy (non-hydrogen) atoms. The minimum absolute atomic E-state index is 0.236. The normalized spacial score (nSPS) is 18.9. The van der Waals surface area contributed by atoms with Crippen molar-refractivity contribution in [2.45, 2.75) is 70.8 Å². The van der Waals surface area contributed by atoms with Gasteiger partial charge in [0.2, 0.25) is 0 Å². The molecule has 1 aliphatic rings. The summed E-state index contributed by atoms with van der Waals surface area (Å²) >= 11 is 0. The molecule has 0 spiro atoms. The van der Waals surface area contributed by atoms with Crippen LogP contribution in [-0.4, -0.2) is 23.3 Å². The van der Waals surface area contributed by atoms with Gasteiger partial charge < -0.3 is 9.84 Å². The molecule has 3 heteroatoms. The Bertz CT molecular complexity index is 236. The number of hydrogen-bond donors (Lipinski definition) is 1. The standard InChI is InChI=1S/C14H26O3/c1-3-4-5-6-7-8-11-17-14(2,13(15)16)12-9-10-12/h12H,3-11H2,1-2H3,(H,15,16). The predicted octanol–water partition coefficient (Wildman–Crippen LogP) is 3.62. The molecule has 1 fully saturated rings. The summed E-state index contributed by atoms with van der Waals surface area (Å²) in [5.41, 5.74) is -0.927. The van der Waals surface area contributed by atoms with Gasteiger partial charge >= 0.3 is 5.97 Å². The Morgan fingerprint density at radius 2 is 1.82 bits per heavy atom. The molecular formula is C14H26O3. The molecule has 0 aromatic rings. The Labute approximate surface area is 105 Å². The maximum absolute atomic E-state index is 11.2. The van der Waals surface area contributed by atoms with Crippen molar-refractivity contribution in [3.05, 3.63) is 0 Å². The van der Waals surface area contributed by atoms with Crippen molar-refractivity contribution in [2.24, 2.45) is 5.92 Å². The molecule has 0 aromatic heterocycles. The fourth-order valence-corrected chi connectivity index (χ4v) is 2.15. The molecule has 1 rings (SSSR count). The van der Waals surface area contributed by atoms with Gasteiger partial charge in [-0.2, -0.15) is 0 Å². The smallest absolute Gasteiger partial charge is 0.335 e. The van der Waals surface area contributed by atoms with Crippen molar-refractivity contribution in [1.82, 2.24) is 0 Å². The zero-order chi connectivity index (χ0) is 12.7. The molecule has 0 radical (unpaired) electrons. The molecule has 0 bridgehead atoms. The van der Waals surface area contributed by atoms with Crippen molar-refractivity contribution >= 4 is 5.97 Å². The van der Waals surface area contributed by atoms with Gasteiger partial charge in [0.1, 0.15) is 0 Å². The zero-order valence-electron chi connectivity index (χ0n) is 11.2. The molecule has 100 valence electrons. The summed E-state index contributed by atoms with van der Waals surface area (Å²) in [5.74, 6) is -0.564. The van der Waals surface area contributed by atoms with E-state index in [1.807, 2.05) is 0 Å². The van der Waals surface area contributed by atoms with Crippen LogP contribution in [0.2, 0.25) is 0 Å². The molecule has 0 aromatic carbocycles. The topological polar surface area (TPSA) is 46.5 Å². The lowest BCUT2D eigenvalue weighted by molar-refractivity contribution is -0.166. The second-order valence-corrected chi connectivity index (χ2v) is 5.30. The van der Waals surface area contributed by atoms with Gasteiger partial charge in [0.15, 0.2) is 5.60 Å². The third kappa shape index (κ3) is 4.66. The number of ether oxygens (including phenoxy) is 1. The minimum Gasteiger partial charge on any atom is -0.479 e. The van der Waals surface area contributed by atoms with Gasteiger partial charge in [-0.1, -0.05) is 39.0 Å². The van der Waals surface area contributed by atoms with Crippen LogP contribution in [0.1, 0.15) is 65.2 Å². The van der Waals surface area contributed by atoms with E-state index in [1.54, 1.807) is 6.92 Å². The summed E-state index contributed by atoms with van der Waals surface area (Å²) in [7, 11) is 0. The Morgan fingerprint density at radius 3 is 2.35 bits per heavy atom. The molecule has 1 N–H and O–H groups in total. The van der Waals surface area contributed by atoms with E-state index in [0.717, 1.165) is 25.7 Å². The van der Waals surface area contributed by atoms with E-state index in [9.17, 15) is 9.90 Å². The van der Waals surface area contributed by atoms with E-state index >= 15 is 0 Å². The molecule has 1 aliphatic carbocycles. The van der Waals surface area contributed by atoms with Crippen LogP contribution < -0.4 is 0 Å². The number of hydrogen-bond acceptors (Lipinski definition) is 2. The van der Waals surface area contributed by atoms with Crippen molar-refractivity contribution in [1.29, 1.82) is 0 Å². The van der Waals surface area contributed by atoms with E-state index in [4.69, 9.17) is 4.74 Å². The van der Waals surface area contributed by atoms with E-state index < -0.39 is 11.6 Å². The van der Waals surface area contributed by atoms with Crippen LogP contribution in [0.4, 0.5) is 0 Å². The lowest BCUT2D eigenvalue weighted by Gasteiger charge is -2.25. The van der Waals surface area contributed by atoms with E-state index in [1.165, 1.54) is 25.7 Å². The summed E-state index contributed by atoms with van der Waals surface area (Å²) < 4.78 is 5.62. The molecule has 0 saturated heterocycles. The van der Waals surface area contributed by atoms with Crippen LogP contribution in [-0.2, 0) is 9.53 Å². The number of carbonyl (C=O) groups is 1. The molecule has 3 nitrogen and oxygen atoms in total. The van der Waals surface area contributed by atoms with Crippen LogP contribution in [0, 0.1) is 5.92 Å². The first kappa shape index (κ1) is 14.5. The highest BCUT2D eigenvalue weighted by Crippen LogP contribution is 2.42. The first-order valence-corrected chi connectivity index (χ1v) is 6.98. The third-order valence-electron chi connectivity index (χ3n) is 3.68. The largest absolute Gasteiger partial charge is 0.479 e. The van der Waals surface area contributed by atoms with Crippen LogP contribution in [0.25, 0.3) is 0 Å². The summed E-state index contributed by atoms with van der Waals surface area (Å²) in [6.07, 6.45) is 9.23. The summed E-state index contributed by atoms with van der Waals surface area (Å²) in [6, 6.07) is 0. The Balaban J connectivity index is 2.09. The average Bonchev–Trinajstić information content (AvgIpc) is 3.11. The van der Waals surface area contributed by atoms with Crippen molar-refractivity contribution in [3.63, 3.8) is 0 Å². The average molecular weight is 242 g/mol. The van der Waals surface area contributed by atoms with Gasteiger partial charge in [0.05, 0.1) is 0 Å². The van der Waals surface area contributed by atoms with Crippen LogP contribution >= 0.6 is 0 Å². The van der Waals surface area contributed by atoms with Crippen molar-refractivity contribution in [3.8, 4) is 0 Å². The second kappa shape index (κ2) is 7.00. The highest BCUT2D eigenvalue weighted by Gasteiger charge is 2.48. The number of carboxylic acids is 1. The Hall–Kier alpha value is -0.570. The number of aliphatic carboxylic acids is 1. The molecule has 1 saturated carbocycles. The zero-order valence-corrected chi connectivity index (χ0v) is 11.2. The van der Waals surface area contributed by atoms with Crippen LogP contribution in [0.15, 0.2) is 0 Å². The van der Waals surface area contributed by atoms with Crippen molar-refractivity contribution in [2.75, 3.05) is 6.61 Å². The summed E-state index contributed by atoms with van der Waals surface area (Å²) in [4.78, 5) is 11.2. The maximum Gasteiger partial charge on any atom is 0.335 e. The minimum atomic E-state index is -0.927. The Kier molecular flexibility index (Phi) is 5.96. The van der Waals surface area contributed by atoms with Crippen molar-refractivity contribution < 1.29 is 14.6 Å². The lowest BCUT2D eigenvalue weighted by Crippen LogP contribution is -2.41. The highest BCUT2D eigenvalue weighted by atomic mass is 16.5. The van der Waals surface area contributed by atoms with Gasteiger partial charge in [-0.25, -0.2) is 4.79 Å². The predicted molar refractivity (Wildman–Crippen MR) is 68.1 cm³/mol. The van der Waals surface area contributed by atoms with Gasteiger partial charge in [0.25, 0.3) is 0 Å². The molecule has 1 unspecified atom stereocenters. The molecular weight excluding hydrogens is 216 g/mol. The van der Waals surface area contributed by atoms with E-state index in [2.05, 4.69) is 6.92 Å². The molecule has 0 heterocycles. The van der Waals surface area contributed by atoms with Crippen LogP contribution in [0.3, 0.4) is 0 Å². The number of rotatable bonds is 10. The summed E-state index contributed by atoms with van der Waals surface area (Å²) in [5, 5.41) is 9.19. The highest BCUT2D eigenvalue weighted by molar-refractivity contribution is 5.77. The maximum atomic E-state index is 11.2. The SMILES string of the molecule is CCCCCCCCOC(C)(C(=O)O)C1CC1. The number of unbranched alkanes of at least 4 members (excludes halogenated alkanes) is 5. The summed E-state index contributed by atoms with van der Waals surface area (Å²) in [6.45, 7) is 4.52. The fraction of sp³-hybridized carbons (Fsp3) is 0.929. The quantitative estimate of drug-likeness (QED) is 0.595. The van der Waals surface area contributed by atoms with Gasteiger partial charge in [-0.15, -0.1) is 0 Å². The first-order valence-electron chi connectivity index (χ1n) is 6.98. The monoisotopic (exact) mass is 242 g/mol. The third-order valence-corrected chi connectivity index (χ3v) is 3.68. The fourth-order valence-electron chi connectivity index (χ4n) is 2.15. The second-order valence-electron chi connectivity index (χ2n) is 5.30. The lowest BCUT2D eigenvalue weighted by atomic mass is 10.0. The van der Waals surface area contributed by atoms with Gasteiger partial charge in [0, 0.05) is 6.61 Å². The van der Waals surface area contributed by atoms with Gasteiger partial charge in [-0.05, 0) is 32.1 Å². The molecule has 1 atom stereocenters. The first-order chi connectivity index (χ1) is 8.11. The van der Waals surface area contributed by atoms with Crippen LogP contribution in [0.5, 0.6) is 0 Å². The van der Waals surface area contributed by atoms with Gasteiger partial charge in [-0.3, -0.25) is 0 Å². The van der Waals surface area contributed by atoms with E-state index in [-0.39, 0.29) is 5.92 Å². The Morgan fingerprint density at radius 1 is 1.24 bits per heavy atom. The number of carboxylic acid groups (broad SMARTS) is 1.